The molecule has 9 nitrogen and oxygen atoms in total. The molecule has 5 rings (SSSR count). The SMILES string of the molecule is CC(C)n1cnc2c(NCc3ccccc3N3CCCC(CO)C3)nc(N3CCC(N)CC3)nc21. The second-order valence-corrected chi connectivity index (χ2v) is 10.2. The fourth-order valence-electron chi connectivity index (χ4n) is 5.23. The van der Waals surface area contributed by atoms with Crippen molar-refractivity contribution in [2.24, 2.45) is 11.7 Å². The first-order chi connectivity index (χ1) is 17.0. The Labute approximate surface area is 207 Å². The van der Waals surface area contributed by atoms with Crippen LogP contribution in [-0.4, -0.2) is 63.5 Å². The first-order valence-electron chi connectivity index (χ1n) is 13.0. The van der Waals surface area contributed by atoms with Gasteiger partial charge >= 0.3 is 0 Å². The van der Waals surface area contributed by atoms with Gasteiger partial charge in [0.05, 0.1) is 6.33 Å². The molecular weight excluding hydrogens is 440 g/mol. The Morgan fingerprint density at radius 2 is 1.89 bits per heavy atom. The topological polar surface area (TPSA) is 108 Å². The van der Waals surface area contributed by atoms with Crippen LogP contribution in [0.4, 0.5) is 17.5 Å². The van der Waals surface area contributed by atoms with Crippen LogP contribution >= 0.6 is 0 Å². The minimum Gasteiger partial charge on any atom is -0.396 e. The molecule has 2 aliphatic heterocycles. The molecule has 1 aromatic carbocycles. The monoisotopic (exact) mass is 478 g/mol. The number of fused-ring (bicyclic) bond motifs is 1. The van der Waals surface area contributed by atoms with Crippen molar-refractivity contribution >= 4 is 28.6 Å². The van der Waals surface area contributed by atoms with E-state index in [1.54, 1.807) is 0 Å². The maximum absolute atomic E-state index is 9.69. The highest BCUT2D eigenvalue weighted by molar-refractivity contribution is 5.84. The highest BCUT2D eigenvalue weighted by Gasteiger charge is 2.23. The van der Waals surface area contributed by atoms with Gasteiger partial charge in [0, 0.05) is 57.1 Å². The van der Waals surface area contributed by atoms with Crippen LogP contribution in [0.2, 0.25) is 0 Å². The first-order valence-corrected chi connectivity index (χ1v) is 13.0. The van der Waals surface area contributed by atoms with Crippen molar-refractivity contribution in [3.05, 3.63) is 36.2 Å². The van der Waals surface area contributed by atoms with Crippen LogP contribution in [0, 0.1) is 5.92 Å². The van der Waals surface area contributed by atoms with Crippen LogP contribution in [-0.2, 0) is 6.54 Å². The quantitative estimate of drug-likeness (QED) is 0.475. The van der Waals surface area contributed by atoms with Crippen molar-refractivity contribution in [1.82, 2.24) is 19.5 Å². The lowest BCUT2D eigenvalue weighted by Gasteiger charge is -2.35. The number of rotatable bonds is 7. The lowest BCUT2D eigenvalue weighted by Crippen LogP contribution is -2.40. The maximum atomic E-state index is 9.69. The van der Waals surface area contributed by atoms with E-state index in [-0.39, 0.29) is 18.7 Å². The minimum absolute atomic E-state index is 0.249. The fourth-order valence-corrected chi connectivity index (χ4v) is 5.23. The molecular formula is C26H38N8O. The van der Waals surface area contributed by atoms with E-state index >= 15 is 0 Å². The normalized spacial score (nSPS) is 19.6. The molecule has 35 heavy (non-hydrogen) atoms. The molecule has 3 aromatic rings. The second kappa shape index (κ2) is 10.4. The summed E-state index contributed by atoms with van der Waals surface area (Å²) in [5, 5.41) is 13.3. The van der Waals surface area contributed by atoms with Crippen molar-refractivity contribution in [1.29, 1.82) is 0 Å². The van der Waals surface area contributed by atoms with E-state index in [4.69, 9.17) is 15.7 Å². The van der Waals surface area contributed by atoms with Crippen molar-refractivity contribution in [2.75, 3.05) is 47.9 Å². The van der Waals surface area contributed by atoms with Gasteiger partial charge in [-0.05, 0) is 57.1 Å². The molecule has 4 N–H and O–H groups in total. The van der Waals surface area contributed by atoms with Gasteiger partial charge < -0.3 is 30.5 Å². The molecule has 2 fully saturated rings. The molecule has 0 bridgehead atoms. The van der Waals surface area contributed by atoms with E-state index in [0.717, 1.165) is 74.8 Å². The molecule has 0 amide bonds. The third-order valence-electron chi connectivity index (χ3n) is 7.34. The molecule has 0 saturated carbocycles. The van der Waals surface area contributed by atoms with Gasteiger partial charge in [-0.25, -0.2) is 4.98 Å². The van der Waals surface area contributed by atoms with E-state index in [1.165, 1.54) is 11.3 Å². The molecule has 1 atom stereocenters. The Balaban J connectivity index is 1.44. The number of hydrogen-bond donors (Lipinski definition) is 3. The third-order valence-corrected chi connectivity index (χ3v) is 7.34. The smallest absolute Gasteiger partial charge is 0.229 e. The molecule has 0 spiro atoms. The number of piperidine rings is 2. The summed E-state index contributed by atoms with van der Waals surface area (Å²) in [6.07, 6.45) is 5.96. The average Bonchev–Trinajstić information content (AvgIpc) is 3.32. The molecule has 0 radical (unpaired) electrons. The Morgan fingerprint density at radius 1 is 1.09 bits per heavy atom. The summed E-state index contributed by atoms with van der Waals surface area (Å²) in [6, 6.07) is 9.04. The molecule has 188 valence electrons. The van der Waals surface area contributed by atoms with E-state index in [2.05, 4.69) is 62.8 Å². The van der Waals surface area contributed by atoms with Crippen molar-refractivity contribution in [3.63, 3.8) is 0 Å². The Hall–Kier alpha value is -2.91. The first kappa shape index (κ1) is 23.8. The summed E-state index contributed by atoms with van der Waals surface area (Å²) in [7, 11) is 0. The van der Waals surface area contributed by atoms with Gasteiger partial charge in [0.15, 0.2) is 17.0 Å². The lowest BCUT2D eigenvalue weighted by molar-refractivity contribution is 0.208. The number of nitrogens with one attached hydrogen (secondary N) is 1. The zero-order valence-electron chi connectivity index (χ0n) is 20.9. The number of nitrogens with zero attached hydrogens (tertiary/aromatic N) is 6. The van der Waals surface area contributed by atoms with E-state index in [1.807, 2.05) is 6.33 Å². The van der Waals surface area contributed by atoms with Crippen LogP contribution in [0.3, 0.4) is 0 Å². The molecule has 4 heterocycles. The van der Waals surface area contributed by atoms with Gasteiger partial charge in [-0.1, -0.05) is 18.2 Å². The lowest BCUT2D eigenvalue weighted by atomic mass is 9.97. The van der Waals surface area contributed by atoms with Gasteiger partial charge in [-0.3, -0.25) is 0 Å². The van der Waals surface area contributed by atoms with E-state index in [0.29, 0.717) is 12.5 Å². The Bertz CT molecular complexity index is 1140. The number of nitrogens with two attached hydrogens (primary N) is 1. The van der Waals surface area contributed by atoms with Crippen molar-refractivity contribution in [3.8, 4) is 0 Å². The van der Waals surface area contributed by atoms with Crippen LogP contribution in [0.1, 0.15) is 51.1 Å². The zero-order chi connectivity index (χ0) is 24.4. The number of para-hydroxylation sites is 1. The summed E-state index contributed by atoms with van der Waals surface area (Å²) in [4.78, 5) is 19.2. The summed E-state index contributed by atoms with van der Waals surface area (Å²) in [6.45, 7) is 8.82. The number of aromatic nitrogens is 4. The van der Waals surface area contributed by atoms with Gasteiger partial charge in [0.25, 0.3) is 0 Å². The van der Waals surface area contributed by atoms with Gasteiger partial charge in [-0.15, -0.1) is 0 Å². The van der Waals surface area contributed by atoms with Crippen LogP contribution in [0.15, 0.2) is 30.6 Å². The fraction of sp³-hybridized carbons (Fsp3) is 0.577. The highest BCUT2D eigenvalue weighted by atomic mass is 16.3. The largest absolute Gasteiger partial charge is 0.396 e. The molecule has 0 aliphatic carbocycles. The van der Waals surface area contributed by atoms with Crippen LogP contribution < -0.4 is 20.9 Å². The van der Waals surface area contributed by atoms with Crippen molar-refractivity contribution < 1.29 is 5.11 Å². The van der Waals surface area contributed by atoms with E-state index in [9.17, 15) is 5.11 Å². The summed E-state index contributed by atoms with van der Waals surface area (Å²) < 4.78 is 2.11. The number of aliphatic hydroxyl groups is 1. The van der Waals surface area contributed by atoms with Gasteiger partial charge in [0.1, 0.15) is 0 Å². The predicted octanol–water partition coefficient (Wildman–Crippen LogP) is 3.16. The van der Waals surface area contributed by atoms with Crippen LogP contribution in [0.5, 0.6) is 0 Å². The third kappa shape index (κ3) is 5.06. The standard InChI is InChI=1S/C26H38N8O/c1-18(2)34-17-29-23-24(30-26(31-25(23)34)32-12-9-21(27)10-13-32)28-14-20-7-3-4-8-22(20)33-11-5-6-19(15-33)16-35/h3-4,7-8,17-19,21,35H,5-6,9-16,27H2,1-2H3,(H,28,30,31). The molecule has 2 aliphatic rings. The maximum Gasteiger partial charge on any atom is 0.229 e. The predicted molar refractivity (Wildman–Crippen MR) is 141 cm³/mol. The number of hydrogen-bond acceptors (Lipinski definition) is 8. The van der Waals surface area contributed by atoms with Crippen molar-refractivity contribution in [2.45, 2.75) is 58.2 Å². The molecule has 2 saturated heterocycles. The van der Waals surface area contributed by atoms with Gasteiger partial charge in [-0.2, -0.15) is 9.97 Å². The van der Waals surface area contributed by atoms with E-state index < -0.39 is 0 Å². The second-order valence-electron chi connectivity index (χ2n) is 10.2. The number of anilines is 3. The highest BCUT2D eigenvalue weighted by Crippen LogP contribution is 2.29. The number of aliphatic hydroxyl groups excluding tert-OH is 1. The summed E-state index contributed by atoms with van der Waals surface area (Å²) >= 11 is 0. The molecule has 1 unspecified atom stereocenters. The van der Waals surface area contributed by atoms with Crippen LogP contribution in [0.25, 0.3) is 11.2 Å². The minimum atomic E-state index is 0.249. The Kier molecular flexibility index (Phi) is 7.06. The summed E-state index contributed by atoms with van der Waals surface area (Å²) in [5.41, 5.74) is 10.2. The zero-order valence-corrected chi connectivity index (χ0v) is 20.9. The van der Waals surface area contributed by atoms with Gasteiger partial charge in [0.2, 0.25) is 5.95 Å². The summed E-state index contributed by atoms with van der Waals surface area (Å²) in [5.74, 6) is 1.84. The number of benzene rings is 1. The number of imidazole rings is 1. The Morgan fingerprint density at radius 3 is 2.66 bits per heavy atom. The molecule has 2 aromatic heterocycles. The molecule has 9 heteroatoms. The average molecular weight is 479 g/mol.